The first kappa shape index (κ1) is 8.87. The molecular weight excluding hydrogens is 157 g/mol. The number of aryl methyl sites for hydroxylation is 1. The summed E-state index contributed by atoms with van der Waals surface area (Å²) in [6.45, 7) is 1.84. The van der Waals surface area contributed by atoms with Crippen molar-refractivity contribution in [2.45, 2.75) is 6.92 Å². The number of hydrogen-bond acceptors (Lipinski definition) is 4. The van der Waals surface area contributed by atoms with E-state index in [1.165, 1.54) is 6.20 Å². The van der Waals surface area contributed by atoms with Crippen molar-refractivity contribution in [3.63, 3.8) is 0 Å². The maximum Gasteiger partial charge on any atom is 0.569 e. The van der Waals surface area contributed by atoms with Crippen LogP contribution in [0, 0.1) is 6.92 Å². The number of ether oxygens (including phenoxy) is 1. The van der Waals surface area contributed by atoms with E-state index in [2.05, 4.69) is 4.98 Å². The van der Waals surface area contributed by atoms with Gasteiger partial charge >= 0.3 is 7.69 Å². The van der Waals surface area contributed by atoms with Gasteiger partial charge < -0.3 is 14.4 Å². The lowest BCUT2D eigenvalue weighted by Gasteiger charge is -2.05. The summed E-state index contributed by atoms with van der Waals surface area (Å²) in [5, 5.41) is 8.36. The molecule has 0 spiro atoms. The Labute approximate surface area is 71.5 Å². The highest BCUT2D eigenvalue weighted by Gasteiger charge is 2.02. The minimum Gasteiger partial charge on any atom is -0.536 e. The number of pyridine rings is 1. The number of methoxy groups -OCH3 is 1. The van der Waals surface area contributed by atoms with Gasteiger partial charge in [0.2, 0.25) is 5.88 Å². The zero-order valence-corrected chi connectivity index (χ0v) is 6.94. The largest absolute Gasteiger partial charge is 0.569 e. The molecule has 1 aromatic rings. The Hall–Kier alpha value is -1.23. The first-order valence-corrected chi connectivity index (χ1v) is 3.41. The highest BCUT2D eigenvalue weighted by atomic mass is 16.5. The normalized spacial score (nSPS) is 9.25. The van der Waals surface area contributed by atoms with E-state index in [0.717, 1.165) is 5.56 Å². The van der Waals surface area contributed by atoms with Crippen LogP contribution in [0.25, 0.3) is 0 Å². The third-order valence-electron chi connectivity index (χ3n) is 1.43. The number of rotatable bonds is 3. The van der Waals surface area contributed by atoms with Gasteiger partial charge in [-0.1, -0.05) is 0 Å². The fraction of sp³-hybridized carbons (Fsp3) is 0.286. The van der Waals surface area contributed by atoms with E-state index in [4.69, 9.17) is 14.4 Å². The molecule has 1 aromatic heterocycles. The summed E-state index contributed by atoms with van der Waals surface area (Å²) in [5.74, 6) is 1.04. The molecular formula is C7H9BNO3. The highest BCUT2D eigenvalue weighted by Crippen LogP contribution is 2.19. The van der Waals surface area contributed by atoms with Crippen molar-refractivity contribution in [1.82, 2.24) is 4.98 Å². The van der Waals surface area contributed by atoms with Gasteiger partial charge in [0.15, 0.2) is 0 Å². The van der Waals surface area contributed by atoms with Gasteiger partial charge in [-0.25, -0.2) is 4.98 Å². The van der Waals surface area contributed by atoms with Gasteiger partial charge in [0.05, 0.1) is 13.3 Å². The summed E-state index contributed by atoms with van der Waals surface area (Å²) in [6, 6.07) is 1.72. The minimum atomic E-state index is 0.512. The van der Waals surface area contributed by atoms with Gasteiger partial charge in [0.25, 0.3) is 0 Å². The molecule has 0 saturated carbocycles. The molecule has 0 bridgehead atoms. The smallest absolute Gasteiger partial charge is 0.536 e. The van der Waals surface area contributed by atoms with Gasteiger partial charge in [-0.05, 0) is 12.5 Å². The molecule has 0 aromatic carbocycles. The first-order chi connectivity index (χ1) is 5.77. The van der Waals surface area contributed by atoms with E-state index in [0.29, 0.717) is 19.3 Å². The number of nitrogens with zero attached hydrogens (tertiary/aromatic N) is 1. The molecule has 5 heteroatoms. The Morgan fingerprint density at radius 1 is 1.58 bits per heavy atom. The van der Waals surface area contributed by atoms with Crippen molar-refractivity contribution in [3.05, 3.63) is 17.8 Å². The van der Waals surface area contributed by atoms with Crippen molar-refractivity contribution < 1.29 is 14.4 Å². The van der Waals surface area contributed by atoms with E-state index >= 15 is 0 Å². The lowest BCUT2D eigenvalue weighted by Crippen LogP contribution is -2.02. The molecule has 0 atom stereocenters. The molecule has 4 nitrogen and oxygen atoms in total. The van der Waals surface area contributed by atoms with Crippen LogP contribution in [0.5, 0.6) is 11.6 Å². The van der Waals surface area contributed by atoms with E-state index < -0.39 is 0 Å². The van der Waals surface area contributed by atoms with Crippen molar-refractivity contribution in [1.29, 1.82) is 0 Å². The van der Waals surface area contributed by atoms with Crippen molar-refractivity contribution in [2.24, 2.45) is 0 Å². The Kier molecular flexibility index (Phi) is 2.93. The van der Waals surface area contributed by atoms with Crippen LogP contribution in [-0.4, -0.2) is 24.8 Å². The minimum absolute atomic E-state index is 0.512. The van der Waals surface area contributed by atoms with Crippen LogP contribution < -0.4 is 9.39 Å². The second-order valence-electron chi connectivity index (χ2n) is 2.22. The Bertz CT molecular complexity index is 267. The van der Waals surface area contributed by atoms with Crippen molar-refractivity contribution >= 4 is 7.69 Å². The molecule has 0 fully saturated rings. The zero-order chi connectivity index (χ0) is 8.97. The second kappa shape index (κ2) is 3.97. The van der Waals surface area contributed by atoms with Gasteiger partial charge in [-0.15, -0.1) is 0 Å². The maximum atomic E-state index is 8.36. The third kappa shape index (κ3) is 1.89. The summed E-state index contributed by atoms with van der Waals surface area (Å²) in [7, 11) is 2.16. The van der Waals surface area contributed by atoms with Gasteiger partial charge in [0.1, 0.15) is 5.75 Å². The molecule has 0 aliphatic carbocycles. The monoisotopic (exact) mass is 166 g/mol. The predicted molar refractivity (Wildman–Crippen MR) is 44.1 cm³/mol. The van der Waals surface area contributed by atoms with Crippen LogP contribution >= 0.6 is 0 Å². The first-order valence-electron chi connectivity index (χ1n) is 3.41. The van der Waals surface area contributed by atoms with Crippen LogP contribution in [0.3, 0.4) is 0 Å². The molecule has 0 unspecified atom stereocenters. The summed E-state index contributed by atoms with van der Waals surface area (Å²) >= 11 is 0. The van der Waals surface area contributed by atoms with E-state index in [1.807, 2.05) is 6.92 Å². The topological polar surface area (TPSA) is 51.6 Å². The standard InChI is InChI=1S/C7H9BNO3/c1-5-3-7(11-2)9-4-6(5)12-8-10/h3-4,10H,1-2H3. The number of hydrogen-bond donors (Lipinski definition) is 1. The lowest BCUT2D eigenvalue weighted by molar-refractivity contribution is 0.394. The summed E-state index contributed by atoms with van der Waals surface area (Å²) in [6.07, 6.45) is 1.49. The quantitative estimate of drug-likeness (QED) is 0.656. The SMILES string of the molecule is COc1cc(C)c(O[B]O)cn1. The van der Waals surface area contributed by atoms with E-state index in [1.54, 1.807) is 13.2 Å². The average molecular weight is 166 g/mol. The van der Waals surface area contributed by atoms with E-state index in [-0.39, 0.29) is 0 Å². The van der Waals surface area contributed by atoms with Crippen molar-refractivity contribution in [3.8, 4) is 11.6 Å². The van der Waals surface area contributed by atoms with Crippen LogP contribution in [0.2, 0.25) is 0 Å². The molecule has 63 valence electrons. The Morgan fingerprint density at radius 2 is 2.33 bits per heavy atom. The maximum absolute atomic E-state index is 8.36. The third-order valence-corrected chi connectivity index (χ3v) is 1.43. The molecule has 1 radical (unpaired) electrons. The summed E-state index contributed by atoms with van der Waals surface area (Å²) in [5.41, 5.74) is 0.854. The molecule has 1 rings (SSSR count). The van der Waals surface area contributed by atoms with Crippen molar-refractivity contribution in [2.75, 3.05) is 7.11 Å². The molecule has 1 heterocycles. The second-order valence-corrected chi connectivity index (χ2v) is 2.22. The van der Waals surface area contributed by atoms with Crippen LogP contribution in [0.1, 0.15) is 5.56 Å². The fourth-order valence-electron chi connectivity index (χ4n) is 0.809. The van der Waals surface area contributed by atoms with Crippen LogP contribution in [-0.2, 0) is 0 Å². The lowest BCUT2D eigenvalue weighted by atomic mass is 10.2. The van der Waals surface area contributed by atoms with Gasteiger partial charge in [0, 0.05) is 6.07 Å². The van der Waals surface area contributed by atoms with Crippen LogP contribution in [0.15, 0.2) is 12.3 Å². The zero-order valence-electron chi connectivity index (χ0n) is 6.94. The molecule has 1 N–H and O–H groups in total. The van der Waals surface area contributed by atoms with Gasteiger partial charge in [-0.3, -0.25) is 0 Å². The molecule has 0 aliphatic heterocycles. The van der Waals surface area contributed by atoms with Gasteiger partial charge in [-0.2, -0.15) is 0 Å². The highest BCUT2D eigenvalue weighted by molar-refractivity contribution is 6.17. The Balaban J connectivity index is 2.87. The predicted octanol–water partition coefficient (Wildman–Crippen LogP) is 0.304. The summed E-state index contributed by atoms with van der Waals surface area (Å²) in [4.78, 5) is 3.90. The van der Waals surface area contributed by atoms with Crippen LogP contribution in [0.4, 0.5) is 0 Å². The summed E-state index contributed by atoms with van der Waals surface area (Å²) < 4.78 is 9.64. The molecule has 0 amide bonds. The molecule has 0 saturated heterocycles. The average Bonchev–Trinajstić information content (AvgIpc) is 2.09. The molecule has 0 aliphatic rings. The fourth-order valence-corrected chi connectivity index (χ4v) is 0.809. The molecule has 12 heavy (non-hydrogen) atoms. The Morgan fingerprint density at radius 3 is 2.83 bits per heavy atom. The van der Waals surface area contributed by atoms with E-state index in [9.17, 15) is 0 Å². The number of aromatic nitrogens is 1.